The van der Waals surface area contributed by atoms with E-state index < -0.39 is 0 Å². The summed E-state index contributed by atoms with van der Waals surface area (Å²) in [7, 11) is 0. The van der Waals surface area contributed by atoms with Gasteiger partial charge in [0.2, 0.25) is 0 Å². The third kappa shape index (κ3) is 3.63. The van der Waals surface area contributed by atoms with Crippen LogP contribution in [0.3, 0.4) is 0 Å². The summed E-state index contributed by atoms with van der Waals surface area (Å²) in [6, 6.07) is 0.397. The van der Waals surface area contributed by atoms with E-state index in [1.165, 1.54) is 0 Å². The maximum Gasteiger partial charge on any atom is 0.0431 e. The zero-order chi connectivity index (χ0) is 9.68. The zero-order valence-corrected chi connectivity index (χ0v) is 8.58. The second-order valence-corrected chi connectivity index (χ2v) is 4.16. The molecule has 78 valence electrons. The molecule has 0 aromatic carbocycles. The summed E-state index contributed by atoms with van der Waals surface area (Å²) in [5, 5.41) is 8.65. The molecule has 0 aromatic rings. The Morgan fingerprint density at radius 2 is 2.23 bits per heavy atom. The molecule has 0 saturated carbocycles. The average Bonchev–Trinajstić information content (AvgIpc) is 2.12. The van der Waals surface area contributed by atoms with Crippen molar-refractivity contribution in [3.63, 3.8) is 0 Å². The minimum Gasteiger partial charge on any atom is -0.396 e. The number of nitrogens with two attached hydrogens (primary N) is 1. The Bertz CT molecular complexity index is 141. The van der Waals surface area contributed by atoms with Crippen molar-refractivity contribution in [2.75, 3.05) is 26.2 Å². The quantitative estimate of drug-likeness (QED) is 0.626. The Morgan fingerprint density at radius 3 is 2.85 bits per heavy atom. The van der Waals surface area contributed by atoms with Gasteiger partial charge in [-0.1, -0.05) is 6.92 Å². The monoisotopic (exact) mass is 186 g/mol. The van der Waals surface area contributed by atoms with Crippen LogP contribution in [-0.4, -0.2) is 42.3 Å². The molecule has 2 atom stereocenters. The average molecular weight is 186 g/mol. The number of aliphatic hydroxyl groups excluding tert-OH is 1. The smallest absolute Gasteiger partial charge is 0.0431 e. The molecule has 1 aliphatic rings. The van der Waals surface area contributed by atoms with Crippen molar-refractivity contribution in [1.29, 1.82) is 0 Å². The minimum absolute atomic E-state index is 0.322. The fourth-order valence-corrected chi connectivity index (χ4v) is 1.90. The molecular weight excluding hydrogens is 164 g/mol. The van der Waals surface area contributed by atoms with Crippen LogP contribution in [0.2, 0.25) is 0 Å². The zero-order valence-electron chi connectivity index (χ0n) is 8.58. The Kier molecular flexibility index (Phi) is 4.70. The molecule has 0 aromatic heterocycles. The first-order chi connectivity index (χ1) is 6.24. The van der Waals surface area contributed by atoms with E-state index in [0.29, 0.717) is 18.6 Å². The molecule has 13 heavy (non-hydrogen) atoms. The number of unbranched alkanes of at least 4 members (excludes halogenated alkanes) is 1. The summed E-state index contributed by atoms with van der Waals surface area (Å²) >= 11 is 0. The third-order valence-corrected chi connectivity index (χ3v) is 2.94. The van der Waals surface area contributed by atoms with Crippen molar-refractivity contribution in [3.05, 3.63) is 0 Å². The van der Waals surface area contributed by atoms with E-state index in [0.717, 1.165) is 38.9 Å². The van der Waals surface area contributed by atoms with Crippen molar-refractivity contribution in [2.24, 2.45) is 11.7 Å². The van der Waals surface area contributed by atoms with Crippen LogP contribution >= 0.6 is 0 Å². The van der Waals surface area contributed by atoms with Crippen LogP contribution in [0.15, 0.2) is 0 Å². The molecular formula is C10H22N2O. The van der Waals surface area contributed by atoms with Crippen LogP contribution in [0.25, 0.3) is 0 Å². The number of aliphatic hydroxyl groups is 1. The van der Waals surface area contributed by atoms with Crippen molar-refractivity contribution in [2.45, 2.75) is 32.2 Å². The molecule has 0 radical (unpaired) electrons. The highest BCUT2D eigenvalue weighted by atomic mass is 16.2. The molecule has 3 heteroatoms. The van der Waals surface area contributed by atoms with Crippen molar-refractivity contribution in [3.8, 4) is 0 Å². The lowest BCUT2D eigenvalue weighted by atomic mass is 9.95. The van der Waals surface area contributed by atoms with E-state index >= 15 is 0 Å². The van der Waals surface area contributed by atoms with Gasteiger partial charge in [-0.25, -0.2) is 0 Å². The van der Waals surface area contributed by atoms with Crippen molar-refractivity contribution >= 4 is 0 Å². The van der Waals surface area contributed by atoms with Gasteiger partial charge in [0.1, 0.15) is 0 Å². The summed E-state index contributed by atoms with van der Waals surface area (Å²) in [6.07, 6.45) is 3.16. The fraction of sp³-hybridized carbons (Fsp3) is 1.00. The van der Waals surface area contributed by atoms with Crippen LogP contribution in [0, 0.1) is 5.92 Å². The summed E-state index contributed by atoms with van der Waals surface area (Å²) in [6.45, 7) is 5.94. The Morgan fingerprint density at radius 1 is 1.46 bits per heavy atom. The molecule has 1 heterocycles. The topological polar surface area (TPSA) is 49.5 Å². The van der Waals surface area contributed by atoms with Gasteiger partial charge in [0.25, 0.3) is 0 Å². The van der Waals surface area contributed by atoms with E-state index in [1.807, 2.05) is 0 Å². The number of hydrogen-bond donors (Lipinski definition) is 2. The first-order valence-electron chi connectivity index (χ1n) is 5.33. The van der Waals surface area contributed by atoms with Gasteiger partial charge in [-0.15, -0.1) is 0 Å². The molecule has 0 bridgehead atoms. The number of hydrogen-bond acceptors (Lipinski definition) is 3. The Hall–Kier alpha value is -0.120. The highest BCUT2D eigenvalue weighted by molar-refractivity contribution is 4.79. The van der Waals surface area contributed by atoms with Gasteiger partial charge < -0.3 is 15.7 Å². The van der Waals surface area contributed by atoms with Gasteiger partial charge in [0, 0.05) is 19.2 Å². The van der Waals surface area contributed by atoms with E-state index in [2.05, 4.69) is 11.8 Å². The van der Waals surface area contributed by atoms with E-state index in [1.54, 1.807) is 0 Å². The lowest BCUT2D eigenvalue weighted by molar-refractivity contribution is 0.158. The van der Waals surface area contributed by atoms with Crippen molar-refractivity contribution < 1.29 is 5.11 Å². The van der Waals surface area contributed by atoms with Gasteiger partial charge in [-0.3, -0.25) is 0 Å². The van der Waals surface area contributed by atoms with Crippen LogP contribution in [0.1, 0.15) is 26.2 Å². The van der Waals surface area contributed by atoms with E-state index in [9.17, 15) is 0 Å². The largest absolute Gasteiger partial charge is 0.396 e. The third-order valence-electron chi connectivity index (χ3n) is 2.94. The standard InChI is InChI=1S/C10H22N2O/c1-9-8-12(5-2-3-7-13)6-4-10(9)11/h9-10,13H,2-8,11H2,1H3. The molecule has 0 aliphatic carbocycles. The lowest BCUT2D eigenvalue weighted by Gasteiger charge is -2.35. The fourth-order valence-electron chi connectivity index (χ4n) is 1.90. The summed E-state index contributed by atoms with van der Waals surface area (Å²) in [5.74, 6) is 0.628. The molecule has 0 amide bonds. The molecule has 2 unspecified atom stereocenters. The minimum atomic E-state index is 0.322. The predicted octanol–water partition coefficient (Wildman–Crippen LogP) is 0.428. The van der Waals surface area contributed by atoms with Crippen LogP contribution < -0.4 is 5.73 Å². The van der Waals surface area contributed by atoms with Crippen LogP contribution in [0.5, 0.6) is 0 Å². The molecule has 1 rings (SSSR count). The Labute approximate surface area is 80.9 Å². The molecule has 3 N–H and O–H groups in total. The highest BCUT2D eigenvalue weighted by Crippen LogP contribution is 2.14. The molecule has 1 saturated heterocycles. The first kappa shape index (κ1) is 11.0. The molecule has 1 aliphatic heterocycles. The number of piperidine rings is 1. The maximum atomic E-state index is 8.65. The van der Waals surface area contributed by atoms with Gasteiger partial charge in [0.05, 0.1) is 0 Å². The van der Waals surface area contributed by atoms with Gasteiger partial charge >= 0.3 is 0 Å². The van der Waals surface area contributed by atoms with Gasteiger partial charge in [0.15, 0.2) is 0 Å². The number of likely N-dealkylation sites (tertiary alicyclic amines) is 1. The SMILES string of the molecule is CC1CN(CCCCO)CCC1N. The molecule has 0 spiro atoms. The number of nitrogens with zero attached hydrogens (tertiary/aromatic N) is 1. The summed E-state index contributed by atoms with van der Waals surface area (Å²) in [4.78, 5) is 2.46. The predicted molar refractivity (Wildman–Crippen MR) is 54.5 cm³/mol. The second-order valence-electron chi connectivity index (χ2n) is 4.16. The van der Waals surface area contributed by atoms with Gasteiger partial charge in [-0.05, 0) is 38.3 Å². The normalized spacial score (nSPS) is 30.7. The maximum absolute atomic E-state index is 8.65. The highest BCUT2D eigenvalue weighted by Gasteiger charge is 2.22. The number of rotatable bonds is 4. The first-order valence-corrected chi connectivity index (χ1v) is 5.33. The lowest BCUT2D eigenvalue weighted by Crippen LogP contribution is -2.46. The van der Waals surface area contributed by atoms with E-state index in [-0.39, 0.29) is 0 Å². The van der Waals surface area contributed by atoms with E-state index in [4.69, 9.17) is 10.8 Å². The molecule has 1 fully saturated rings. The molecule has 3 nitrogen and oxygen atoms in total. The van der Waals surface area contributed by atoms with Crippen LogP contribution in [-0.2, 0) is 0 Å². The summed E-state index contributed by atoms with van der Waals surface area (Å²) in [5.41, 5.74) is 5.93. The Balaban J connectivity index is 2.14. The van der Waals surface area contributed by atoms with Crippen molar-refractivity contribution in [1.82, 2.24) is 4.90 Å². The van der Waals surface area contributed by atoms with Crippen LogP contribution in [0.4, 0.5) is 0 Å². The second kappa shape index (κ2) is 5.58. The summed E-state index contributed by atoms with van der Waals surface area (Å²) < 4.78 is 0. The van der Waals surface area contributed by atoms with Gasteiger partial charge in [-0.2, -0.15) is 0 Å².